The van der Waals surface area contributed by atoms with Gasteiger partial charge in [-0.1, -0.05) is 0 Å². The SMILES string of the molecule is CC(C)OCCNC1CCN(C(N)=O)CC1. The molecule has 1 fully saturated rings. The first-order valence-electron chi connectivity index (χ1n) is 5.99. The van der Waals surface area contributed by atoms with Gasteiger partial charge in [0, 0.05) is 25.7 Å². The minimum Gasteiger partial charge on any atom is -0.377 e. The van der Waals surface area contributed by atoms with Crippen molar-refractivity contribution in [1.29, 1.82) is 0 Å². The minimum atomic E-state index is -0.304. The van der Waals surface area contributed by atoms with E-state index in [4.69, 9.17) is 10.5 Å². The monoisotopic (exact) mass is 229 g/mol. The molecule has 0 atom stereocenters. The maximum Gasteiger partial charge on any atom is 0.314 e. The van der Waals surface area contributed by atoms with Gasteiger partial charge in [-0.15, -0.1) is 0 Å². The van der Waals surface area contributed by atoms with Gasteiger partial charge in [0.15, 0.2) is 0 Å². The van der Waals surface area contributed by atoms with Crippen LogP contribution in [0.5, 0.6) is 0 Å². The van der Waals surface area contributed by atoms with E-state index < -0.39 is 0 Å². The van der Waals surface area contributed by atoms with Crippen molar-refractivity contribution < 1.29 is 9.53 Å². The molecule has 0 aromatic heterocycles. The smallest absolute Gasteiger partial charge is 0.314 e. The zero-order chi connectivity index (χ0) is 12.0. The molecule has 5 heteroatoms. The van der Waals surface area contributed by atoms with Crippen LogP contribution >= 0.6 is 0 Å². The van der Waals surface area contributed by atoms with Crippen molar-refractivity contribution in [2.24, 2.45) is 5.73 Å². The van der Waals surface area contributed by atoms with Crippen LogP contribution in [-0.4, -0.2) is 49.3 Å². The number of primary amides is 1. The fourth-order valence-electron chi connectivity index (χ4n) is 1.86. The van der Waals surface area contributed by atoms with Crippen molar-refractivity contribution in [1.82, 2.24) is 10.2 Å². The Hall–Kier alpha value is -0.810. The molecule has 0 unspecified atom stereocenters. The lowest BCUT2D eigenvalue weighted by atomic mass is 10.1. The van der Waals surface area contributed by atoms with Crippen molar-refractivity contribution in [3.63, 3.8) is 0 Å². The Bertz CT molecular complexity index is 213. The molecule has 5 nitrogen and oxygen atoms in total. The van der Waals surface area contributed by atoms with Gasteiger partial charge in [0.2, 0.25) is 0 Å². The molecule has 0 radical (unpaired) electrons. The summed E-state index contributed by atoms with van der Waals surface area (Å²) in [7, 11) is 0. The third-order valence-electron chi connectivity index (χ3n) is 2.79. The number of carbonyl (C=O) groups is 1. The summed E-state index contributed by atoms with van der Waals surface area (Å²) in [5, 5.41) is 3.43. The van der Waals surface area contributed by atoms with Gasteiger partial charge in [0.1, 0.15) is 0 Å². The van der Waals surface area contributed by atoms with Crippen LogP contribution in [0.1, 0.15) is 26.7 Å². The molecule has 0 bridgehead atoms. The quantitative estimate of drug-likeness (QED) is 0.676. The molecule has 2 amide bonds. The number of nitrogens with one attached hydrogen (secondary N) is 1. The van der Waals surface area contributed by atoms with Gasteiger partial charge >= 0.3 is 6.03 Å². The van der Waals surface area contributed by atoms with E-state index in [1.54, 1.807) is 4.90 Å². The summed E-state index contributed by atoms with van der Waals surface area (Å²) in [6.45, 7) is 7.21. The molecular formula is C11H23N3O2. The van der Waals surface area contributed by atoms with E-state index in [9.17, 15) is 4.79 Å². The Kier molecular flexibility index (Phi) is 5.55. The van der Waals surface area contributed by atoms with Crippen LogP contribution in [0.3, 0.4) is 0 Å². The molecule has 1 rings (SSSR count). The van der Waals surface area contributed by atoms with Crippen LogP contribution in [0.25, 0.3) is 0 Å². The van der Waals surface area contributed by atoms with E-state index in [0.717, 1.165) is 39.1 Å². The number of hydrogen-bond donors (Lipinski definition) is 2. The Balaban J connectivity index is 2.06. The van der Waals surface area contributed by atoms with Gasteiger partial charge in [-0.2, -0.15) is 0 Å². The van der Waals surface area contributed by atoms with Gasteiger partial charge in [-0.3, -0.25) is 0 Å². The molecule has 0 spiro atoms. The summed E-state index contributed by atoms with van der Waals surface area (Å²) in [6, 6.07) is 0.188. The molecule has 1 saturated heterocycles. The zero-order valence-electron chi connectivity index (χ0n) is 10.2. The average molecular weight is 229 g/mol. The molecule has 16 heavy (non-hydrogen) atoms. The van der Waals surface area contributed by atoms with Crippen molar-refractivity contribution >= 4 is 6.03 Å². The van der Waals surface area contributed by atoms with E-state index in [1.165, 1.54) is 0 Å². The van der Waals surface area contributed by atoms with Crippen molar-refractivity contribution in [2.75, 3.05) is 26.2 Å². The number of likely N-dealkylation sites (tertiary alicyclic amines) is 1. The van der Waals surface area contributed by atoms with Gasteiger partial charge in [0.25, 0.3) is 0 Å². The molecule has 1 heterocycles. The third-order valence-corrected chi connectivity index (χ3v) is 2.79. The normalized spacial score (nSPS) is 18.1. The van der Waals surface area contributed by atoms with Gasteiger partial charge in [-0.05, 0) is 26.7 Å². The second-order valence-electron chi connectivity index (χ2n) is 4.47. The molecule has 94 valence electrons. The number of hydrogen-bond acceptors (Lipinski definition) is 3. The molecule has 1 aliphatic heterocycles. The van der Waals surface area contributed by atoms with Gasteiger partial charge < -0.3 is 20.7 Å². The predicted molar refractivity (Wildman–Crippen MR) is 63.3 cm³/mol. The number of carbonyl (C=O) groups excluding carboxylic acids is 1. The van der Waals surface area contributed by atoms with Crippen LogP contribution in [0, 0.1) is 0 Å². The number of rotatable bonds is 5. The topological polar surface area (TPSA) is 67.6 Å². The molecule has 1 aliphatic rings. The lowest BCUT2D eigenvalue weighted by Gasteiger charge is -2.31. The highest BCUT2D eigenvalue weighted by atomic mass is 16.5. The van der Waals surface area contributed by atoms with Crippen LogP contribution in [0.15, 0.2) is 0 Å². The van der Waals surface area contributed by atoms with Gasteiger partial charge in [0.05, 0.1) is 12.7 Å². The molecule has 3 N–H and O–H groups in total. The molecule has 0 aromatic carbocycles. The first-order chi connectivity index (χ1) is 7.59. The van der Waals surface area contributed by atoms with E-state index in [2.05, 4.69) is 5.32 Å². The second-order valence-corrected chi connectivity index (χ2v) is 4.47. The summed E-state index contributed by atoms with van der Waals surface area (Å²) in [6.07, 6.45) is 2.24. The summed E-state index contributed by atoms with van der Waals surface area (Å²) < 4.78 is 5.45. The first kappa shape index (κ1) is 13.3. The third kappa shape index (κ3) is 4.81. The Morgan fingerprint density at radius 2 is 2.12 bits per heavy atom. The number of amides is 2. The van der Waals surface area contributed by atoms with E-state index in [-0.39, 0.29) is 6.03 Å². The summed E-state index contributed by atoms with van der Waals surface area (Å²) in [5.41, 5.74) is 5.21. The Labute approximate surface area is 97.3 Å². The minimum absolute atomic E-state index is 0.290. The van der Waals surface area contributed by atoms with Crippen LogP contribution in [0.4, 0.5) is 4.79 Å². The fourth-order valence-corrected chi connectivity index (χ4v) is 1.86. The molecule has 0 aliphatic carbocycles. The van der Waals surface area contributed by atoms with Gasteiger partial charge in [-0.25, -0.2) is 4.79 Å². The largest absolute Gasteiger partial charge is 0.377 e. The standard InChI is InChI=1S/C11H23N3O2/c1-9(2)16-8-5-13-10-3-6-14(7-4-10)11(12)15/h9-10,13H,3-8H2,1-2H3,(H2,12,15). The van der Waals surface area contributed by atoms with E-state index in [0.29, 0.717) is 12.1 Å². The average Bonchev–Trinajstić information content (AvgIpc) is 2.25. The van der Waals surface area contributed by atoms with Crippen LogP contribution in [0.2, 0.25) is 0 Å². The number of ether oxygens (including phenoxy) is 1. The number of nitrogens with two attached hydrogens (primary N) is 1. The number of nitrogens with zero attached hydrogens (tertiary/aromatic N) is 1. The predicted octanol–water partition coefficient (Wildman–Crippen LogP) is 0.544. The fraction of sp³-hybridized carbons (Fsp3) is 0.909. The second kappa shape index (κ2) is 6.70. The summed E-state index contributed by atoms with van der Waals surface area (Å²) in [5.74, 6) is 0. The molecular weight excluding hydrogens is 206 g/mol. The maximum atomic E-state index is 10.9. The van der Waals surface area contributed by atoms with E-state index >= 15 is 0 Å². The number of piperidine rings is 1. The first-order valence-corrected chi connectivity index (χ1v) is 5.99. The van der Waals surface area contributed by atoms with Crippen molar-refractivity contribution in [2.45, 2.75) is 38.8 Å². The zero-order valence-corrected chi connectivity index (χ0v) is 10.2. The van der Waals surface area contributed by atoms with E-state index in [1.807, 2.05) is 13.8 Å². The maximum absolute atomic E-state index is 10.9. The summed E-state index contributed by atoms with van der Waals surface area (Å²) >= 11 is 0. The van der Waals surface area contributed by atoms with Crippen molar-refractivity contribution in [3.8, 4) is 0 Å². The Morgan fingerprint density at radius 3 is 2.62 bits per heavy atom. The summed E-state index contributed by atoms with van der Waals surface area (Å²) in [4.78, 5) is 12.6. The lowest BCUT2D eigenvalue weighted by molar-refractivity contribution is 0.0776. The lowest BCUT2D eigenvalue weighted by Crippen LogP contribution is -2.47. The van der Waals surface area contributed by atoms with Crippen LogP contribution < -0.4 is 11.1 Å². The highest BCUT2D eigenvalue weighted by Crippen LogP contribution is 2.09. The highest BCUT2D eigenvalue weighted by Gasteiger charge is 2.20. The molecule has 0 saturated carbocycles. The van der Waals surface area contributed by atoms with Crippen molar-refractivity contribution in [3.05, 3.63) is 0 Å². The van der Waals surface area contributed by atoms with Crippen LogP contribution in [-0.2, 0) is 4.74 Å². The Morgan fingerprint density at radius 1 is 1.50 bits per heavy atom. The number of urea groups is 1. The highest BCUT2D eigenvalue weighted by molar-refractivity contribution is 5.72. The molecule has 0 aromatic rings.